The Morgan fingerprint density at radius 3 is 2.21 bits per heavy atom. The second-order valence-electron chi connectivity index (χ2n) is 9.52. The van der Waals surface area contributed by atoms with Crippen molar-refractivity contribution in [3.05, 3.63) is 100 Å². The molecule has 208 valence electrons. The lowest BCUT2D eigenvalue weighted by Gasteiger charge is -2.34. The van der Waals surface area contributed by atoms with E-state index in [1.807, 2.05) is 49.4 Å². The van der Waals surface area contributed by atoms with Gasteiger partial charge >= 0.3 is 10.2 Å². The Morgan fingerprint density at radius 2 is 1.59 bits per heavy atom. The standard InChI is InChI=1S/C29H35ClN4O4S/c1-21-15-16-22(2)26(17-21)34(39(37,38)32(4)5)20-28(35)33(19-24-13-9-10-14-25(24)30)27(29(36)31-3)18-23-11-7-6-8-12-23/h6-17,27H,18-20H2,1-5H3,(H,31,36)/t27-/m1/s1. The molecule has 1 atom stereocenters. The summed E-state index contributed by atoms with van der Waals surface area (Å²) in [5, 5.41) is 3.11. The number of anilines is 1. The molecule has 0 aliphatic carbocycles. The first-order valence-electron chi connectivity index (χ1n) is 12.5. The number of halogens is 1. The summed E-state index contributed by atoms with van der Waals surface area (Å²) in [5.74, 6) is -0.904. The zero-order valence-electron chi connectivity index (χ0n) is 22.9. The molecule has 2 amide bonds. The van der Waals surface area contributed by atoms with Crippen molar-refractivity contribution in [1.82, 2.24) is 14.5 Å². The maximum Gasteiger partial charge on any atom is 0.304 e. The summed E-state index contributed by atoms with van der Waals surface area (Å²) in [4.78, 5) is 28.8. The van der Waals surface area contributed by atoms with E-state index in [9.17, 15) is 18.0 Å². The van der Waals surface area contributed by atoms with Crippen LogP contribution in [-0.2, 0) is 32.8 Å². The number of rotatable bonds is 11. The van der Waals surface area contributed by atoms with Crippen LogP contribution >= 0.6 is 11.6 Å². The third-order valence-electron chi connectivity index (χ3n) is 6.47. The van der Waals surface area contributed by atoms with Gasteiger partial charge in [-0.3, -0.25) is 9.59 Å². The minimum Gasteiger partial charge on any atom is -0.357 e. The lowest BCUT2D eigenvalue weighted by molar-refractivity contribution is -0.139. The van der Waals surface area contributed by atoms with Crippen molar-refractivity contribution < 1.29 is 18.0 Å². The zero-order chi connectivity index (χ0) is 28.7. The van der Waals surface area contributed by atoms with E-state index in [0.717, 1.165) is 19.7 Å². The number of amides is 2. The first-order valence-corrected chi connectivity index (χ1v) is 14.3. The quantitative estimate of drug-likeness (QED) is 0.378. The van der Waals surface area contributed by atoms with Crippen molar-refractivity contribution in [2.24, 2.45) is 0 Å². The van der Waals surface area contributed by atoms with Crippen molar-refractivity contribution in [3.63, 3.8) is 0 Å². The van der Waals surface area contributed by atoms with E-state index >= 15 is 0 Å². The molecule has 39 heavy (non-hydrogen) atoms. The fourth-order valence-electron chi connectivity index (χ4n) is 4.22. The van der Waals surface area contributed by atoms with Crippen LogP contribution in [0.1, 0.15) is 22.3 Å². The van der Waals surface area contributed by atoms with Crippen molar-refractivity contribution in [3.8, 4) is 0 Å². The van der Waals surface area contributed by atoms with E-state index < -0.39 is 28.7 Å². The SMILES string of the molecule is CNC(=O)[C@@H](Cc1ccccc1)N(Cc1ccccc1Cl)C(=O)CN(c1cc(C)ccc1C)S(=O)(=O)N(C)C. The molecule has 0 radical (unpaired) electrons. The average Bonchev–Trinajstić information content (AvgIpc) is 2.91. The van der Waals surface area contributed by atoms with Gasteiger partial charge in [0, 0.05) is 39.1 Å². The van der Waals surface area contributed by atoms with Gasteiger partial charge in [0.05, 0.1) is 5.69 Å². The van der Waals surface area contributed by atoms with E-state index in [-0.39, 0.29) is 18.9 Å². The highest BCUT2D eigenvalue weighted by molar-refractivity contribution is 7.90. The second kappa shape index (κ2) is 13.1. The number of nitrogens with zero attached hydrogens (tertiary/aromatic N) is 3. The van der Waals surface area contributed by atoms with Gasteiger partial charge in [0.1, 0.15) is 12.6 Å². The molecular weight excluding hydrogens is 536 g/mol. The van der Waals surface area contributed by atoms with Crippen LogP contribution in [0.5, 0.6) is 0 Å². The highest BCUT2D eigenvalue weighted by Gasteiger charge is 2.35. The Bertz CT molecular complexity index is 1410. The van der Waals surface area contributed by atoms with Crippen LogP contribution in [0, 0.1) is 13.8 Å². The fourth-order valence-corrected chi connectivity index (χ4v) is 5.53. The van der Waals surface area contributed by atoms with Gasteiger partial charge in [0.25, 0.3) is 0 Å². The van der Waals surface area contributed by atoms with Gasteiger partial charge in [-0.05, 0) is 48.2 Å². The van der Waals surface area contributed by atoms with Crippen LogP contribution in [0.3, 0.4) is 0 Å². The summed E-state index contributed by atoms with van der Waals surface area (Å²) >= 11 is 6.45. The summed E-state index contributed by atoms with van der Waals surface area (Å²) in [6.07, 6.45) is 0.237. The molecule has 0 saturated carbocycles. The van der Waals surface area contributed by atoms with Gasteiger partial charge in [-0.1, -0.05) is 72.3 Å². The van der Waals surface area contributed by atoms with Crippen LogP contribution in [0.4, 0.5) is 5.69 Å². The van der Waals surface area contributed by atoms with Crippen LogP contribution in [-0.4, -0.2) is 63.2 Å². The highest BCUT2D eigenvalue weighted by atomic mass is 35.5. The Kier molecular flexibility index (Phi) is 10.1. The van der Waals surface area contributed by atoms with Crippen LogP contribution in [0.15, 0.2) is 72.8 Å². The van der Waals surface area contributed by atoms with E-state index in [2.05, 4.69) is 5.32 Å². The molecule has 0 bridgehead atoms. The minimum absolute atomic E-state index is 0.0199. The molecule has 1 N–H and O–H groups in total. The normalized spacial score (nSPS) is 12.2. The summed E-state index contributed by atoms with van der Waals surface area (Å²) in [6, 6.07) is 21.0. The van der Waals surface area contributed by atoms with Gasteiger partial charge in [-0.25, -0.2) is 4.31 Å². The molecule has 0 spiro atoms. The van der Waals surface area contributed by atoms with Gasteiger partial charge in [0.15, 0.2) is 0 Å². The zero-order valence-corrected chi connectivity index (χ0v) is 24.5. The average molecular weight is 571 g/mol. The first kappa shape index (κ1) is 30.1. The predicted molar refractivity (Wildman–Crippen MR) is 156 cm³/mol. The number of carbonyl (C=O) groups excluding carboxylic acids is 2. The minimum atomic E-state index is -4.06. The molecule has 0 heterocycles. The van der Waals surface area contributed by atoms with Gasteiger partial charge in [-0.15, -0.1) is 0 Å². The molecule has 10 heteroatoms. The van der Waals surface area contributed by atoms with Crippen molar-refractivity contribution in [2.45, 2.75) is 32.9 Å². The van der Waals surface area contributed by atoms with Gasteiger partial charge in [0.2, 0.25) is 11.8 Å². The van der Waals surface area contributed by atoms with Crippen molar-refractivity contribution >= 4 is 39.3 Å². The number of carbonyl (C=O) groups is 2. The number of hydrogen-bond donors (Lipinski definition) is 1. The molecule has 0 aliphatic rings. The van der Waals surface area contributed by atoms with E-state index in [1.54, 1.807) is 37.3 Å². The molecule has 0 saturated heterocycles. The monoisotopic (exact) mass is 570 g/mol. The second-order valence-corrected chi connectivity index (χ2v) is 12.0. The molecular formula is C29H35ClN4O4S. The Balaban J connectivity index is 2.11. The first-order chi connectivity index (χ1) is 18.4. The molecule has 0 unspecified atom stereocenters. The third kappa shape index (κ3) is 7.38. The molecule has 3 aromatic rings. The fraction of sp³-hybridized carbons (Fsp3) is 0.310. The Labute approximate surface area is 236 Å². The van der Waals surface area contributed by atoms with Crippen LogP contribution < -0.4 is 9.62 Å². The summed E-state index contributed by atoms with van der Waals surface area (Å²) in [5.41, 5.74) is 3.44. The lowest BCUT2D eigenvalue weighted by atomic mass is 10.0. The molecule has 3 rings (SSSR count). The number of benzene rings is 3. The molecule has 0 aromatic heterocycles. The number of aryl methyl sites for hydroxylation is 2. The number of hydrogen-bond acceptors (Lipinski definition) is 4. The summed E-state index contributed by atoms with van der Waals surface area (Å²) < 4.78 is 29.2. The van der Waals surface area contributed by atoms with Crippen molar-refractivity contribution in [2.75, 3.05) is 32.0 Å². The molecule has 0 fully saturated rings. The molecule has 8 nitrogen and oxygen atoms in total. The Hall–Kier alpha value is -3.40. The summed E-state index contributed by atoms with van der Waals surface area (Å²) in [6.45, 7) is 3.17. The predicted octanol–water partition coefficient (Wildman–Crippen LogP) is 3.96. The summed E-state index contributed by atoms with van der Waals surface area (Å²) in [7, 11) is 0.290. The van der Waals surface area contributed by atoms with Crippen LogP contribution in [0.2, 0.25) is 5.02 Å². The maximum atomic E-state index is 14.1. The topological polar surface area (TPSA) is 90.0 Å². The Morgan fingerprint density at radius 1 is 0.949 bits per heavy atom. The van der Waals surface area contributed by atoms with Crippen molar-refractivity contribution in [1.29, 1.82) is 0 Å². The third-order valence-corrected chi connectivity index (χ3v) is 8.64. The van der Waals surface area contributed by atoms with E-state index in [0.29, 0.717) is 21.8 Å². The van der Waals surface area contributed by atoms with E-state index in [4.69, 9.17) is 11.6 Å². The number of nitrogens with one attached hydrogen (secondary N) is 1. The smallest absolute Gasteiger partial charge is 0.304 e. The molecule has 3 aromatic carbocycles. The molecule has 0 aliphatic heterocycles. The van der Waals surface area contributed by atoms with Crippen LogP contribution in [0.25, 0.3) is 0 Å². The lowest BCUT2D eigenvalue weighted by Crippen LogP contribution is -2.54. The largest absolute Gasteiger partial charge is 0.357 e. The van der Waals surface area contributed by atoms with E-state index in [1.165, 1.54) is 26.0 Å². The maximum absolute atomic E-state index is 14.1. The van der Waals surface area contributed by atoms with Gasteiger partial charge < -0.3 is 10.2 Å². The number of likely N-dealkylation sites (N-methyl/N-ethyl adjacent to an activating group) is 1. The van der Waals surface area contributed by atoms with Gasteiger partial charge in [-0.2, -0.15) is 12.7 Å². The highest BCUT2D eigenvalue weighted by Crippen LogP contribution is 2.27.